The maximum Gasteiger partial charge on any atom is 0.325 e. The Morgan fingerprint density at radius 1 is 1.36 bits per heavy atom. The first-order valence-corrected chi connectivity index (χ1v) is 8.55. The van der Waals surface area contributed by atoms with Gasteiger partial charge in [0.25, 0.3) is 0 Å². The first kappa shape index (κ1) is 16.6. The average Bonchev–Trinajstić information content (AvgIpc) is 2.92. The van der Waals surface area contributed by atoms with E-state index >= 15 is 0 Å². The topological polar surface area (TPSA) is 76.1 Å². The van der Waals surface area contributed by atoms with Gasteiger partial charge in [-0.2, -0.15) is 0 Å². The van der Waals surface area contributed by atoms with Crippen molar-refractivity contribution in [2.75, 3.05) is 23.5 Å². The van der Waals surface area contributed by atoms with Crippen LogP contribution in [0.1, 0.15) is 13.8 Å². The Morgan fingerprint density at radius 2 is 2.18 bits per heavy atom. The van der Waals surface area contributed by atoms with Crippen LogP contribution in [0.25, 0.3) is 0 Å². The molecule has 118 valence electrons. The molecule has 0 bridgehead atoms. The number of thioether (sulfide) groups is 1. The zero-order chi connectivity index (χ0) is 15.9. The fourth-order valence-electron chi connectivity index (χ4n) is 1.52. The van der Waals surface area contributed by atoms with E-state index in [0.29, 0.717) is 22.5 Å². The number of methoxy groups -OCH3 is 1. The van der Waals surface area contributed by atoms with Crippen molar-refractivity contribution in [2.45, 2.75) is 18.2 Å². The fourth-order valence-corrected chi connectivity index (χ4v) is 3.24. The van der Waals surface area contributed by atoms with E-state index in [1.807, 2.05) is 6.07 Å². The Kier molecular flexibility index (Phi) is 6.02. The molecule has 1 aromatic carbocycles. The quantitative estimate of drug-likeness (QED) is 0.616. The SMILES string of the molecule is COc1cccc(NC(=O)Nc2nnc(SCC(C)C)s2)c1. The van der Waals surface area contributed by atoms with Gasteiger partial charge >= 0.3 is 6.03 Å². The summed E-state index contributed by atoms with van der Waals surface area (Å²) in [6.07, 6.45) is 0. The number of hydrogen-bond acceptors (Lipinski definition) is 6. The number of aromatic nitrogens is 2. The third-order valence-electron chi connectivity index (χ3n) is 2.49. The van der Waals surface area contributed by atoms with E-state index in [2.05, 4.69) is 34.7 Å². The van der Waals surface area contributed by atoms with Crippen LogP contribution < -0.4 is 15.4 Å². The lowest BCUT2D eigenvalue weighted by atomic mass is 10.3. The van der Waals surface area contributed by atoms with Gasteiger partial charge in [-0.05, 0) is 18.1 Å². The van der Waals surface area contributed by atoms with Crippen molar-refractivity contribution < 1.29 is 9.53 Å². The van der Waals surface area contributed by atoms with Gasteiger partial charge in [-0.25, -0.2) is 4.79 Å². The van der Waals surface area contributed by atoms with E-state index in [1.165, 1.54) is 11.3 Å². The smallest absolute Gasteiger partial charge is 0.325 e. The highest BCUT2D eigenvalue weighted by atomic mass is 32.2. The normalized spacial score (nSPS) is 10.5. The molecule has 0 aliphatic heterocycles. The lowest BCUT2D eigenvalue weighted by molar-refractivity contribution is 0.262. The molecule has 0 aliphatic carbocycles. The summed E-state index contributed by atoms with van der Waals surface area (Å²) in [5.41, 5.74) is 0.649. The fraction of sp³-hybridized carbons (Fsp3) is 0.357. The number of anilines is 2. The van der Waals surface area contributed by atoms with Gasteiger partial charge in [0, 0.05) is 17.5 Å². The van der Waals surface area contributed by atoms with Crippen LogP contribution in [0.2, 0.25) is 0 Å². The molecule has 2 amide bonds. The number of carbonyl (C=O) groups excluding carboxylic acids is 1. The van der Waals surface area contributed by atoms with E-state index in [-0.39, 0.29) is 6.03 Å². The zero-order valence-corrected chi connectivity index (χ0v) is 14.3. The van der Waals surface area contributed by atoms with Gasteiger partial charge < -0.3 is 10.1 Å². The average molecular weight is 338 g/mol. The molecule has 1 aromatic heterocycles. The summed E-state index contributed by atoms with van der Waals surface area (Å²) in [4.78, 5) is 11.9. The Labute approximate surface area is 137 Å². The van der Waals surface area contributed by atoms with Gasteiger partial charge in [0.2, 0.25) is 5.13 Å². The first-order chi connectivity index (χ1) is 10.6. The van der Waals surface area contributed by atoms with Crippen molar-refractivity contribution in [3.8, 4) is 5.75 Å². The number of benzene rings is 1. The van der Waals surface area contributed by atoms with Gasteiger partial charge in [-0.15, -0.1) is 10.2 Å². The summed E-state index contributed by atoms with van der Waals surface area (Å²) in [7, 11) is 1.58. The van der Waals surface area contributed by atoms with Crippen LogP contribution in [0.15, 0.2) is 28.6 Å². The minimum atomic E-state index is -0.357. The Hall–Kier alpha value is -1.80. The number of ether oxygens (including phenoxy) is 1. The van der Waals surface area contributed by atoms with Crippen LogP contribution in [0, 0.1) is 5.92 Å². The van der Waals surface area contributed by atoms with Gasteiger partial charge in [0.1, 0.15) is 5.75 Å². The maximum absolute atomic E-state index is 11.9. The van der Waals surface area contributed by atoms with Crippen LogP contribution in [0.5, 0.6) is 5.75 Å². The van der Waals surface area contributed by atoms with Gasteiger partial charge in [-0.3, -0.25) is 5.32 Å². The number of nitrogens with one attached hydrogen (secondary N) is 2. The first-order valence-electron chi connectivity index (χ1n) is 6.75. The summed E-state index contributed by atoms with van der Waals surface area (Å²) in [5, 5.41) is 13.9. The summed E-state index contributed by atoms with van der Waals surface area (Å²) in [5.74, 6) is 2.24. The molecule has 2 aromatic rings. The minimum Gasteiger partial charge on any atom is -0.497 e. The molecule has 0 saturated heterocycles. The van der Waals surface area contributed by atoms with Crippen molar-refractivity contribution in [1.29, 1.82) is 0 Å². The van der Waals surface area contributed by atoms with Gasteiger partial charge in [0.05, 0.1) is 7.11 Å². The van der Waals surface area contributed by atoms with E-state index < -0.39 is 0 Å². The third-order valence-corrected chi connectivity index (χ3v) is 4.89. The van der Waals surface area contributed by atoms with Gasteiger partial charge in [-0.1, -0.05) is 43.0 Å². The highest BCUT2D eigenvalue weighted by Gasteiger charge is 2.09. The molecule has 0 saturated carbocycles. The molecule has 0 fully saturated rings. The molecule has 8 heteroatoms. The second-order valence-electron chi connectivity index (χ2n) is 4.89. The number of nitrogens with zero attached hydrogens (tertiary/aromatic N) is 2. The van der Waals surface area contributed by atoms with Crippen LogP contribution >= 0.6 is 23.1 Å². The van der Waals surface area contributed by atoms with Crippen LogP contribution in [0.4, 0.5) is 15.6 Å². The number of rotatable bonds is 6. The number of urea groups is 1. The van der Waals surface area contributed by atoms with Crippen LogP contribution in [-0.4, -0.2) is 29.1 Å². The largest absolute Gasteiger partial charge is 0.497 e. The molecule has 0 spiro atoms. The summed E-state index contributed by atoms with van der Waals surface area (Å²) < 4.78 is 5.96. The molecule has 0 aliphatic rings. The summed E-state index contributed by atoms with van der Waals surface area (Å²) in [6, 6.07) is 6.78. The lowest BCUT2D eigenvalue weighted by Crippen LogP contribution is -2.19. The number of carbonyl (C=O) groups is 1. The maximum atomic E-state index is 11.9. The second kappa shape index (κ2) is 8.00. The molecule has 22 heavy (non-hydrogen) atoms. The lowest BCUT2D eigenvalue weighted by Gasteiger charge is -2.06. The predicted octanol–water partition coefficient (Wildman–Crippen LogP) is 3.94. The molecular weight excluding hydrogens is 320 g/mol. The predicted molar refractivity (Wildman–Crippen MR) is 91.1 cm³/mol. The van der Waals surface area contributed by atoms with Crippen LogP contribution in [-0.2, 0) is 0 Å². The standard InChI is InChI=1S/C14H18N4O2S2/c1-9(2)8-21-14-18-17-13(22-14)16-12(19)15-10-5-4-6-11(7-10)20-3/h4-7,9H,8H2,1-3H3,(H2,15,16,17,19). The number of hydrogen-bond donors (Lipinski definition) is 2. The van der Waals surface area contributed by atoms with E-state index in [4.69, 9.17) is 4.74 Å². The van der Waals surface area contributed by atoms with Crippen molar-refractivity contribution in [3.63, 3.8) is 0 Å². The van der Waals surface area contributed by atoms with Gasteiger partial charge in [0.15, 0.2) is 4.34 Å². The third kappa shape index (κ3) is 5.19. The van der Waals surface area contributed by atoms with E-state index in [0.717, 1.165) is 10.1 Å². The van der Waals surface area contributed by atoms with Crippen molar-refractivity contribution in [3.05, 3.63) is 24.3 Å². The van der Waals surface area contributed by atoms with Crippen molar-refractivity contribution >= 4 is 39.9 Å². The Morgan fingerprint density at radius 3 is 2.91 bits per heavy atom. The highest BCUT2D eigenvalue weighted by molar-refractivity contribution is 8.01. The summed E-state index contributed by atoms with van der Waals surface area (Å²) in [6.45, 7) is 4.30. The minimum absolute atomic E-state index is 0.357. The van der Waals surface area contributed by atoms with Crippen molar-refractivity contribution in [1.82, 2.24) is 10.2 Å². The molecular formula is C14H18N4O2S2. The molecule has 6 nitrogen and oxygen atoms in total. The van der Waals surface area contributed by atoms with Crippen molar-refractivity contribution in [2.24, 2.45) is 5.92 Å². The monoisotopic (exact) mass is 338 g/mol. The number of amides is 2. The molecule has 1 heterocycles. The molecule has 2 rings (SSSR count). The second-order valence-corrected chi connectivity index (χ2v) is 7.13. The van der Waals surface area contributed by atoms with E-state index in [1.54, 1.807) is 37.1 Å². The molecule has 0 radical (unpaired) electrons. The summed E-state index contributed by atoms with van der Waals surface area (Å²) >= 11 is 3.01. The zero-order valence-electron chi connectivity index (χ0n) is 12.6. The molecule has 2 N–H and O–H groups in total. The Bertz CT molecular complexity index is 631. The van der Waals surface area contributed by atoms with Crippen LogP contribution in [0.3, 0.4) is 0 Å². The Balaban J connectivity index is 1.88. The molecule has 0 atom stereocenters. The molecule has 0 unspecified atom stereocenters. The highest BCUT2D eigenvalue weighted by Crippen LogP contribution is 2.27. The van der Waals surface area contributed by atoms with E-state index in [9.17, 15) is 4.79 Å².